The maximum absolute atomic E-state index is 11.9. The molecule has 0 aliphatic heterocycles. The van der Waals surface area contributed by atoms with Gasteiger partial charge in [0.2, 0.25) is 15.9 Å². The summed E-state index contributed by atoms with van der Waals surface area (Å²) >= 11 is 1.50. The minimum atomic E-state index is -3.69. The van der Waals surface area contributed by atoms with Gasteiger partial charge in [0.1, 0.15) is 0 Å². The van der Waals surface area contributed by atoms with E-state index in [1.807, 2.05) is 26.0 Å². The Labute approximate surface area is 146 Å². The van der Waals surface area contributed by atoms with Gasteiger partial charge in [-0.15, -0.1) is 11.8 Å². The minimum absolute atomic E-state index is 0.0583. The predicted molar refractivity (Wildman–Crippen MR) is 96.3 cm³/mol. The van der Waals surface area contributed by atoms with Crippen molar-refractivity contribution in [1.82, 2.24) is 5.32 Å². The topological polar surface area (TPSA) is 89.3 Å². The molecule has 2 aromatic rings. The largest absolute Gasteiger partial charge is 0.351 e. The molecule has 0 radical (unpaired) electrons. The first-order valence-electron chi connectivity index (χ1n) is 7.34. The van der Waals surface area contributed by atoms with E-state index in [2.05, 4.69) is 11.4 Å². The Kier molecular flexibility index (Phi) is 6.04. The molecule has 0 unspecified atom stereocenters. The predicted octanol–water partition coefficient (Wildman–Crippen LogP) is 2.36. The molecule has 0 spiro atoms. The molecule has 128 valence electrons. The van der Waals surface area contributed by atoms with E-state index in [9.17, 15) is 13.2 Å². The summed E-state index contributed by atoms with van der Waals surface area (Å²) in [7, 11) is -3.69. The molecule has 0 fully saturated rings. The number of thioether (sulfide) groups is 1. The van der Waals surface area contributed by atoms with Crippen molar-refractivity contribution in [3.8, 4) is 0 Å². The Balaban J connectivity index is 1.85. The summed E-state index contributed by atoms with van der Waals surface area (Å²) in [5.74, 6) is 0.259. The van der Waals surface area contributed by atoms with E-state index < -0.39 is 10.0 Å². The Morgan fingerprint density at radius 3 is 2.38 bits per heavy atom. The molecular weight excluding hydrogens is 344 g/mol. The summed E-state index contributed by atoms with van der Waals surface area (Å²) in [4.78, 5) is 13.1. The monoisotopic (exact) mass is 364 g/mol. The number of amides is 1. The maximum Gasteiger partial charge on any atom is 0.238 e. The highest BCUT2D eigenvalue weighted by Gasteiger charge is 2.08. The van der Waals surface area contributed by atoms with Crippen LogP contribution in [0.5, 0.6) is 0 Å². The van der Waals surface area contributed by atoms with Crippen LogP contribution >= 0.6 is 11.8 Å². The van der Waals surface area contributed by atoms with Crippen molar-refractivity contribution in [2.75, 3.05) is 5.75 Å². The highest BCUT2D eigenvalue weighted by molar-refractivity contribution is 8.00. The molecule has 3 N–H and O–H groups in total. The van der Waals surface area contributed by atoms with Crippen molar-refractivity contribution in [2.45, 2.75) is 30.2 Å². The van der Waals surface area contributed by atoms with Gasteiger partial charge in [0.05, 0.1) is 10.6 Å². The van der Waals surface area contributed by atoms with Gasteiger partial charge < -0.3 is 5.32 Å². The van der Waals surface area contributed by atoms with Gasteiger partial charge in [-0.3, -0.25) is 4.79 Å². The third kappa shape index (κ3) is 5.36. The standard InChI is InChI=1S/C17H20N2O3S2/c1-12-3-8-16(13(2)9-12)23-11-17(20)19-10-14-4-6-15(7-5-14)24(18,21)22/h3-9H,10-11H2,1-2H3,(H,19,20)(H2,18,21,22). The van der Waals surface area contributed by atoms with Gasteiger partial charge in [-0.05, 0) is 43.2 Å². The molecule has 24 heavy (non-hydrogen) atoms. The lowest BCUT2D eigenvalue weighted by atomic mass is 10.2. The number of carbonyl (C=O) groups is 1. The SMILES string of the molecule is Cc1ccc(SCC(=O)NCc2ccc(S(N)(=O)=O)cc2)c(C)c1. The molecule has 5 nitrogen and oxygen atoms in total. The van der Waals surface area contributed by atoms with E-state index in [-0.39, 0.29) is 10.8 Å². The Bertz CT molecular complexity index is 831. The fourth-order valence-corrected chi connectivity index (χ4v) is 3.51. The van der Waals surface area contributed by atoms with E-state index in [4.69, 9.17) is 5.14 Å². The molecule has 0 aromatic heterocycles. The minimum Gasteiger partial charge on any atom is -0.351 e. The van der Waals surface area contributed by atoms with Crippen molar-refractivity contribution >= 4 is 27.7 Å². The second-order valence-electron chi connectivity index (χ2n) is 5.52. The fourth-order valence-electron chi connectivity index (χ4n) is 2.15. The van der Waals surface area contributed by atoms with Gasteiger partial charge in [0, 0.05) is 11.4 Å². The zero-order chi connectivity index (χ0) is 17.7. The molecule has 0 aliphatic rings. The van der Waals surface area contributed by atoms with Gasteiger partial charge in [-0.2, -0.15) is 0 Å². The first-order valence-corrected chi connectivity index (χ1v) is 9.87. The van der Waals surface area contributed by atoms with Crippen molar-refractivity contribution in [3.05, 3.63) is 59.2 Å². The molecule has 7 heteroatoms. The van der Waals surface area contributed by atoms with Crippen molar-refractivity contribution in [2.24, 2.45) is 5.14 Å². The van der Waals surface area contributed by atoms with Crippen LogP contribution in [-0.2, 0) is 21.4 Å². The molecule has 0 atom stereocenters. The average Bonchev–Trinajstić information content (AvgIpc) is 2.51. The van der Waals surface area contributed by atoms with Crippen LogP contribution in [0.4, 0.5) is 0 Å². The second kappa shape index (κ2) is 7.83. The molecule has 0 saturated carbocycles. The molecule has 2 aromatic carbocycles. The third-order valence-electron chi connectivity index (χ3n) is 3.43. The first kappa shape index (κ1) is 18.5. The lowest BCUT2D eigenvalue weighted by Gasteiger charge is -2.08. The highest BCUT2D eigenvalue weighted by Crippen LogP contribution is 2.22. The lowest BCUT2D eigenvalue weighted by molar-refractivity contribution is -0.118. The van der Waals surface area contributed by atoms with Crippen LogP contribution in [0.2, 0.25) is 0 Å². The number of nitrogens with two attached hydrogens (primary N) is 1. The van der Waals surface area contributed by atoms with Crippen molar-refractivity contribution < 1.29 is 13.2 Å². The molecule has 0 bridgehead atoms. The van der Waals surface area contributed by atoms with Gasteiger partial charge in [0.15, 0.2) is 0 Å². The number of hydrogen-bond acceptors (Lipinski definition) is 4. The van der Waals surface area contributed by atoms with Gasteiger partial charge in [0.25, 0.3) is 0 Å². The van der Waals surface area contributed by atoms with Crippen LogP contribution in [0.15, 0.2) is 52.3 Å². The molecular formula is C17H20N2O3S2. The number of hydrogen-bond donors (Lipinski definition) is 2. The fraction of sp³-hybridized carbons (Fsp3) is 0.235. The van der Waals surface area contributed by atoms with Crippen molar-refractivity contribution in [1.29, 1.82) is 0 Å². The Morgan fingerprint density at radius 1 is 1.12 bits per heavy atom. The zero-order valence-corrected chi connectivity index (χ0v) is 15.2. The lowest BCUT2D eigenvalue weighted by Crippen LogP contribution is -2.24. The van der Waals surface area contributed by atoms with Crippen LogP contribution in [0.25, 0.3) is 0 Å². The number of sulfonamides is 1. The number of benzene rings is 2. The Hall–Kier alpha value is -1.83. The molecule has 1 amide bonds. The van der Waals surface area contributed by atoms with Crippen LogP contribution in [0, 0.1) is 13.8 Å². The molecule has 0 aliphatic carbocycles. The molecule has 0 saturated heterocycles. The van der Waals surface area contributed by atoms with Gasteiger partial charge in [-0.25, -0.2) is 13.6 Å². The van der Waals surface area contributed by atoms with E-state index in [0.29, 0.717) is 12.3 Å². The van der Waals surface area contributed by atoms with Crippen LogP contribution in [-0.4, -0.2) is 20.1 Å². The van der Waals surface area contributed by atoms with Crippen LogP contribution < -0.4 is 10.5 Å². The summed E-state index contributed by atoms with van der Waals surface area (Å²) in [6, 6.07) is 12.3. The number of nitrogens with one attached hydrogen (secondary N) is 1. The molecule has 0 heterocycles. The second-order valence-corrected chi connectivity index (χ2v) is 8.10. The summed E-state index contributed by atoms with van der Waals surface area (Å²) in [6.45, 7) is 4.41. The number of aryl methyl sites for hydroxylation is 2. The zero-order valence-electron chi connectivity index (χ0n) is 13.6. The van der Waals surface area contributed by atoms with Crippen molar-refractivity contribution in [3.63, 3.8) is 0 Å². The highest BCUT2D eigenvalue weighted by atomic mass is 32.2. The van der Waals surface area contributed by atoms with Gasteiger partial charge in [-0.1, -0.05) is 29.8 Å². The normalized spacial score (nSPS) is 11.3. The van der Waals surface area contributed by atoms with E-state index in [1.165, 1.54) is 29.5 Å². The summed E-state index contributed by atoms with van der Waals surface area (Å²) in [6.07, 6.45) is 0. The smallest absolute Gasteiger partial charge is 0.238 e. The maximum atomic E-state index is 11.9. The van der Waals surface area contributed by atoms with Crippen LogP contribution in [0.1, 0.15) is 16.7 Å². The van der Waals surface area contributed by atoms with E-state index >= 15 is 0 Å². The summed E-state index contributed by atoms with van der Waals surface area (Å²) in [5.41, 5.74) is 3.17. The van der Waals surface area contributed by atoms with Gasteiger partial charge >= 0.3 is 0 Å². The number of primary sulfonamides is 1. The quantitative estimate of drug-likeness (QED) is 0.770. The summed E-state index contributed by atoms with van der Waals surface area (Å²) < 4.78 is 22.4. The average molecular weight is 364 g/mol. The van der Waals surface area contributed by atoms with Crippen LogP contribution in [0.3, 0.4) is 0 Å². The Morgan fingerprint density at radius 2 is 1.79 bits per heavy atom. The third-order valence-corrected chi connectivity index (χ3v) is 5.54. The number of carbonyl (C=O) groups excluding carboxylic acids is 1. The first-order chi connectivity index (χ1) is 11.3. The summed E-state index contributed by atoms with van der Waals surface area (Å²) in [5, 5.41) is 7.86. The van der Waals surface area contributed by atoms with E-state index in [0.717, 1.165) is 16.0 Å². The number of rotatable bonds is 6. The van der Waals surface area contributed by atoms with E-state index in [1.54, 1.807) is 12.1 Å². The molecule has 2 rings (SSSR count).